The smallest absolute Gasteiger partial charge is 0.227 e. The molecule has 192 valence electrons. The number of aryl methyl sites for hydroxylation is 2. The lowest BCUT2D eigenvalue weighted by Crippen LogP contribution is -2.25. The number of para-hydroxylation sites is 2. The van der Waals surface area contributed by atoms with E-state index in [1.165, 1.54) is 0 Å². The molecule has 37 heavy (non-hydrogen) atoms. The van der Waals surface area contributed by atoms with Gasteiger partial charge in [0.1, 0.15) is 23.1 Å². The number of aromatic nitrogens is 2. The van der Waals surface area contributed by atoms with Crippen LogP contribution in [0.5, 0.6) is 17.2 Å². The summed E-state index contributed by atoms with van der Waals surface area (Å²) in [6.45, 7) is 3.78. The topological polar surface area (TPSA) is 65.8 Å². The lowest BCUT2D eigenvalue weighted by molar-refractivity contribution is -0.117. The summed E-state index contributed by atoms with van der Waals surface area (Å²) >= 11 is 6.13. The molecule has 1 unspecified atom stereocenters. The quantitative estimate of drug-likeness (QED) is 0.253. The number of imidazole rings is 1. The minimum absolute atomic E-state index is 0.0385. The number of benzene rings is 3. The second kappa shape index (κ2) is 10.7. The average molecular weight is 520 g/mol. The van der Waals surface area contributed by atoms with Gasteiger partial charge in [-0.3, -0.25) is 4.79 Å². The Morgan fingerprint density at radius 3 is 2.62 bits per heavy atom. The van der Waals surface area contributed by atoms with Crippen molar-refractivity contribution in [3.63, 3.8) is 0 Å². The Morgan fingerprint density at radius 2 is 1.84 bits per heavy atom. The number of rotatable bonds is 9. The molecule has 0 spiro atoms. The molecule has 1 fully saturated rings. The maximum atomic E-state index is 13.2. The highest BCUT2D eigenvalue weighted by molar-refractivity contribution is 6.31. The first kappa shape index (κ1) is 25.0. The molecule has 1 aromatic heterocycles. The van der Waals surface area contributed by atoms with Crippen molar-refractivity contribution in [1.29, 1.82) is 0 Å². The number of anilines is 1. The molecule has 0 aliphatic carbocycles. The maximum absolute atomic E-state index is 13.2. The Morgan fingerprint density at radius 1 is 1.03 bits per heavy atom. The molecule has 4 aromatic rings. The van der Waals surface area contributed by atoms with Crippen LogP contribution in [-0.4, -0.2) is 42.8 Å². The van der Waals surface area contributed by atoms with Crippen LogP contribution in [0.1, 0.15) is 30.1 Å². The molecule has 2 heterocycles. The number of hydrogen-bond donors (Lipinski definition) is 0. The lowest BCUT2D eigenvalue weighted by Gasteiger charge is -2.20. The largest absolute Gasteiger partial charge is 0.497 e. The van der Waals surface area contributed by atoms with Crippen LogP contribution in [0.25, 0.3) is 11.0 Å². The van der Waals surface area contributed by atoms with Gasteiger partial charge in [0.05, 0.1) is 37.5 Å². The fourth-order valence-corrected chi connectivity index (χ4v) is 5.00. The van der Waals surface area contributed by atoms with Gasteiger partial charge in [0.2, 0.25) is 5.91 Å². The predicted molar refractivity (Wildman–Crippen MR) is 145 cm³/mol. The van der Waals surface area contributed by atoms with Crippen LogP contribution in [0.4, 0.5) is 5.69 Å². The zero-order valence-corrected chi connectivity index (χ0v) is 22.0. The molecule has 0 saturated carbocycles. The van der Waals surface area contributed by atoms with Crippen molar-refractivity contribution in [1.82, 2.24) is 9.55 Å². The van der Waals surface area contributed by atoms with E-state index in [1.54, 1.807) is 19.1 Å². The molecule has 8 heteroatoms. The third-order valence-corrected chi connectivity index (χ3v) is 7.20. The molecule has 1 aliphatic rings. The third-order valence-electron chi connectivity index (χ3n) is 6.78. The van der Waals surface area contributed by atoms with Gasteiger partial charge in [0.15, 0.2) is 0 Å². The van der Waals surface area contributed by atoms with E-state index in [9.17, 15) is 4.79 Å². The SMILES string of the molecule is COc1ccc(OC)c(N2CC(c3nc4ccccc4n3CCCOc3ccc(Cl)c(C)c3)CC2=O)c1. The molecule has 7 nitrogen and oxygen atoms in total. The second-order valence-corrected chi connectivity index (χ2v) is 9.57. The standard InChI is InChI=1S/C29H30ClN3O4/c1-19-15-22(9-11-23(19)30)37-14-6-13-32-25-8-5-4-7-24(25)31-29(32)20-16-28(34)33(18-20)26-17-21(35-2)10-12-27(26)36-3/h4-5,7-12,15,17,20H,6,13-14,16,18H2,1-3H3. The maximum Gasteiger partial charge on any atom is 0.227 e. The number of ether oxygens (including phenoxy) is 3. The second-order valence-electron chi connectivity index (χ2n) is 9.17. The number of fused-ring (bicyclic) bond motifs is 1. The summed E-state index contributed by atoms with van der Waals surface area (Å²) in [5.41, 5.74) is 3.69. The van der Waals surface area contributed by atoms with Crippen LogP contribution in [0.15, 0.2) is 60.7 Å². The van der Waals surface area contributed by atoms with E-state index < -0.39 is 0 Å². The van der Waals surface area contributed by atoms with E-state index in [0.29, 0.717) is 36.8 Å². The number of nitrogens with zero attached hydrogens (tertiary/aromatic N) is 3. The Bertz CT molecular complexity index is 1430. The Balaban J connectivity index is 1.36. The molecule has 1 atom stereocenters. The number of carbonyl (C=O) groups is 1. The summed E-state index contributed by atoms with van der Waals surface area (Å²) < 4.78 is 19.1. The Labute approximate surface area is 221 Å². The third kappa shape index (κ3) is 5.09. The zero-order valence-electron chi connectivity index (χ0n) is 21.2. The molecular formula is C29H30ClN3O4. The fourth-order valence-electron chi connectivity index (χ4n) is 4.88. The summed E-state index contributed by atoms with van der Waals surface area (Å²) in [5, 5.41) is 0.730. The number of amides is 1. The summed E-state index contributed by atoms with van der Waals surface area (Å²) in [6, 6.07) is 19.3. The summed E-state index contributed by atoms with van der Waals surface area (Å²) in [5.74, 6) is 3.03. The van der Waals surface area contributed by atoms with Gasteiger partial charge in [-0.2, -0.15) is 0 Å². The highest BCUT2D eigenvalue weighted by atomic mass is 35.5. The highest BCUT2D eigenvalue weighted by Crippen LogP contribution is 2.39. The predicted octanol–water partition coefficient (Wildman–Crippen LogP) is 6.00. The van der Waals surface area contributed by atoms with Gasteiger partial charge in [-0.25, -0.2) is 4.98 Å². The summed E-state index contributed by atoms with van der Waals surface area (Å²) in [4.78, 5) is 19.9. The molecule has 0 bridgehead atoms. The molecule has 1 saturated heterocycles. The minimum Gasteiger partial charge on any atom is -0.497 e. The van der Waals surface area contributed by atoms with Gasteiger partial charge < -0.3 is 23.7 Å². The van der Waals surface area contributed by atoms with Crippen molar-refractivity contribution in [2.75, 3.05) is 32.3 Å². The van der Waals surface area contributed by atoms with Crippen molar-refractivity contribution in [3.8, 4) is 17.2 Å². The number of hydrogen-bond acceptors (Lipinski definition) is 5. The Hall–Kier alpha value is -3.71. The van der Waals surface area contributed by atoms with Crippen LogP contribution in [-0.2, 0) is 11.3 Å². The molecule has 5 rings (SSSR count). The minimum atomic E-state index is -0.0457. The lowest BCUT2D eigenvalue weighted by atomic mass is 10.1. The monoisotopic (exact) mass is 519 g/mol. The molecule has 3 aromatic carbocycles. The molecular weight excluding hydrogens is 490 g/mol. The zero-order chi connectivity index (χ0) is 25.9. The molecule has 0 N–H and O–H groups in total. The number of carbonyl (C=O) groups excluding carboxylic acids is 1. The van der Waals surface area contributed by atoms with Crippen molar-refractivity contribution in [2.45, 2.75) is 32.2 Å². The van der Waals surface area contributed by atoms with Gasteiger partial charge in [-0.05, 0) is 61.4 Å². The van der Waals surface area contributed by atoms with Crippen LogP contribution in [0, 0.1) is 6.92 Å². The first-order valence-electron chi connectivity index (χ1n) is 12.3. The first-order valence-corrected chi connectivity index (χ1v) is 12.7. The number of halogens is 1. The van der Waals surface area contributed by atoms with Crippen LogP contribution in [0.2, 0.25) is 5.02 Å². The van der Waals surface area contributed by atoms with Gasteiger partial charge in [-0.15, -0.1) is 0 Å². The van der Waals surface area contributed by atoms with Crippen LogP contribution >= 0.6 is 11.6 Å². The highest BCUT2D eigenvalue weighted by Gasteiger charge is 2.36. The van der Waals surface area contributed by atoms with Crippen LogP contribution in [0.3, 0.4) is 0 Å². The van der Waals surface area contributed by atoms with E-state index in [0.717, 1.165) is 46.2 Å². The van der Waals surface area contributed by atoms with Crippen molar-refractivity contribution < 1.29 is 19.0 Å². The number of methoxy groups -OCH3 is 2. The van der Waals surface area contributed by atoms with E-state index in [4.69, 9.17) is 30.8 Å². The van der Waals surface area contributed by atoms with E-state index >= 15 is 0 Å². The summed E-state index contributed by atoms with van der Waals surface area (Å²) in [6.07, 6.45) is 1.17. The first-order chi connectivity index (χ1) is 18.0. The van der Waals surface area contributed by atoms with Gasteiger partial charge in [0.25, 0.3) is 0 Å². The fraction of sp³-hybridized carbons (Fsp3) is 0.310. The van der Waals surface area contributed by atoms with Gasteiger partial charge in [0, 0.05) is 36.5 Å². The normalized spacial score (nSPS) is 15.4. The average Bonchev–Trinajstić information content (AvgIpc) is 3.48. The van der Waals surface area contributed by atoms with Gasteiger partial charge >= 0.3 is 0 Å². The summed E-state index contributed by atoms with van der Waals surface area (Å²) in [7, 11) is 3.22. The Kier molecular flexibility index (Phi) is 7.24. The van der Waals surface area contributed by atoms with E-state index in [2.05, 4.69) is 10.6 Å². The van der Waals surface area contributed by atoms with Crippen molar-refractivity contribution >= 4 is 34.2 Å². The van der Waals surface area contributed by atoms with E-state index in [1.807, 2.05) is 61.5 Å². The molecule has 1 amide bonds. The van der Waals surface area contributed by atoms with Crippen LogP contribution < -0.4 is 19.1 Å². The van der Waals surface area contributed by atoms with Gasteiger partial charge in [-0.1, -0.05) is 23.7 Å². The molecule has 1 aliphatic heterocycles. The molecule has 0 radical (unpaired) electrons. The van der Waals surface area contributed by atoms with E-state index in [-0.39, 0.29) is 11.8 Å². The van der Waals surface area contributed by atoms with Crippen molar-refractivity contribution in [3.05, 3.63) is 77.1 Å². The van der Waals surface area contributed by atoms with Crippen molar-refractivity contribution in [2.24, 2.45) is 0 Å².